The third-order valence-corrected chi connectivity index (χ3v) is 3.12. The molecule has 0 bridgehead atoms. The van der Waals surface area contributed by atoms with Crippen molar-refractivity contribution in [3.63, 3.8) is 0 Å². The number of hydrogen-bond acceptors (Lipinski definition) is 1. The number of nitrogens with two attached hydrogens (primary N) is 1. The van der Waals surface area contributed by atoms with E-state index >= 15 is 0 Å². The smallest absolute Gasteiger partial charge is 0.0177 e. The summed E-state index contributed by atoms with van der Waals surface area (Å²) in [5, 5.41) is 0. The third-order valence-electron chi connectivity index (χ3n) is 3.12. The van der Waals surface area contributed by atoms with E-state index in [2.05, 4.69) is 27.7 Å². The molecule has 0 unspecified atom stereocenters. The van der Waals surface area contributed by atoms with E-state index in [0.717, 1.165) is 12.8 Å². The molecule has 0 atom stereocenters. The Balaban J connectivity index is 0. The van der Waals surface area contributed by atoms with E-state index in [1.165, 1.54) is 12.8 Å². The minimum absolute atomic E-state index is 0. The monoisotopic (exact) mass is 159 g/mol. The van der Waals surface area contributed by atoms with Gasteiger partial charge in [0.05, 0.1) is 0 Å². The summed E-state index contributed by atoms with van der Waals surface area (Å²) in [6.07, 6.45) is 4.65. The van der Waals surface area contributed by atoms with Gasteiger partial charge in [-0.3, -0.25) is 0 Å². The SMILES string of the molecule is CCC(CC)C(N)(CC)CC.[HH]. The van der Waals surface area contributed by atoms with Crippen molar-refractivity contribution in [2.75, 3.05) is 0 Å². The summed E-state index contributed by atoms with van der Waals surface area (Å²) < 4.78 is 0. The van der Waals surface area contributed by atoms with Crippen LogP contribution in [0.4, 0.5) is 0 Å². The fourth-order valence-electron chi connectivity index (χ4n) is 1.93. The Morgan fingerprint density at radius 2 is 1.45 bits per heavy atom. The summed E-state index contributed by atoms with van der Waals surface area (Å²) in [6, 6.07) is 0. The Kier molecular flexibility index (Phi) is 4.74. The van der Waals surface area contributed by atoms with Gasteiger partial charge < -0.3 is 5.73 Å². The summed E-state index contributed by atoms with van der Waals surface area (Å²) in [7, 11) is 0. The molecule has 0 amide bonds. The molecule has 1 nitrogen and oxygen atoms in total. The predicted octanol–water partition coefficient (Wildman–Crippen LogP) is 3.19. The van der Waals surface area contributed by atoms with Gasteiger partial charge >= 0.3 is 0 Å². The highest BCUT2D eigenvalue weighted by Gasteiger charge is 2.28. The molecule has 0 aromatic rings. The van der Waals surface area contributed by atoms with Crippen LogP contribution in [-0.4, -0.2) is 5.54 Å². The molecule has 0 spiro atoms. The fraction of sp³-hybridized carbons (Fsp3) is 1.00. The van der Waals surface area contributed by atoms with Crippen molar-refractivity contribution >= 4 is 0 Å². The van der Waals surface area contributed by atoms with Crippen molar-refractivity contribution < 1.29 is 1.43 Å². The van der Waals surface area contributed by atoms with Crippen molar-refractivity contribution in [3.05, 3.63) is 0 Å². The van der Waals surface area contributed by atoms with Crippen molar-refractivity contribution in [1.82, 2.24) is 0 Å². The van der Waals surface area contributed by atoms with Gasteiger partial charge in [-0.05, 0) is 18.8 Å². The van der Waals surface area contributed by atoms with Crippen LogP contribution in [0.5, 0.6) is 0 Å². The molecule has 0 aliphatic carbocycles. The third kappa shape index (κ3) is 2.48. The van der Waals surface area contributed by atoms with Gasteiger partial charge in [0.1, 0.15) is 0 Å². The van der Waals surface area contributed by atoms with Gasteiger partial charge in [-0.1, -0.05) is 40.5 Å². The van der Waals surface area contributed by atoms with Crippen LogP contribution in [-0.2, 0) is 0 Å². The number of hydrogen-bond donors (Lipinski definition) is 1. The Hall–Kier alpha value is -0.0400. The molecule has 0 rings (SSSR count). The maximum absolute atomic E-state index is 6.26. The molecule has 0 heterocycles. The zero-order valence-corrected chi connectivity index (χ0v) is 8.48. The van der Waals surface area contributed by atoms with Crippen molar-refractivity contribution in [1.29, 1.82) is 0 Å². The van der Waals surface area contributed by atoms with Crippen LogP contribution >= 0.6 is 0 Å². The second-order valence-electron chi connectivity index (χ2n) is 3.45. The first-order chi connectivity index (χ1) is 5.14. The zero-order chi connectivity index (χ0) is 8.91. The van der Waals surface area contributed by atoms with E-state index in [0.29, 0.717) is 5.92 Å². The van der Waals surface area contributed by atoms with Crippen molar-refractivity contribution in [2.45, 2.75) is 58.9 Å². The van der Waals surface area contributed by atoms with Crippen LogP contribution in [0, 0.1) is 5.92 Å². The summed E-state index contributed by atoms with van der Waals surface area (Å²) in [5.41, 5.74) is 6.36. The second-order valence-corrected chi connectivity index (χ2v) is 3.45. The Morgan fingerprint density at radius 1 is 1.09 bits per heavy atom. The molecule has 0 saturated heterocycles. The summed E-state index contributed by atoms with van der Waals surface area (Å²) >= 11 is 0. The van der Waals surface area contributed by atoms with Crippen LogP contribution < -0.4 is 5.73 Å². The topological polar surface area (TPSA) is 26.0 Å². The van der Waals surface area contributed by atoms with Crippen molar-refractivity contribution in [3.8, 4) is 0 Å². The zero-order valence-electron chi connectivity index (χ0n) is 8.48. The van der Waals surface area contributed by atoms with Crippen molar-refractivity contribution in [2.24, 2.45) is 11.7 Å². The highest BCUT2D eigenvalue weighted by Crippen LogP contribution is 2.27. The van der Waals surface area contributed by atoms with E-state index in [-0.39, 0.29) is 6.97 Å². The van der Waals surface area contributed by atoms with Crippen LogP contribution in [0.3, 0.4) is 0 Å². The summed E-state index contributed by atoms with van der Waals surface area (Å²) in [6.45, 7) is 8.87. The Morgan fingerprint density at radius 3 is 1.55 bits per heavy atom. The first-order valence-corrected chi connectivity index (χ1v) is 4.93. The maximum Gasteiger partial charge on any atom is 0.0177 e. The van der Waals surface area contributed by atoms with Crippen LogP contribution in [0.15, 0.2) is 0 Å². The Bertz CT molecular complexity index is 96.0. The lowest BCUT2D eigenvalue weighted by atomic mass is 9.77. The van der Waals surface area contributed by atoms with Gasteiger partial charge in [0.2, 0.25) is 0 Å². The highest BCUT2D eigenvalue weighted by atomic mass is 14.7. The van der Waals surface area contributed by atoms with E-state index in [4.69, 9.17) is 5.73 Å². The van der Waals surface area contributed by atoms with Gasteiger partial charge in [-0.25, -0.2) is 0 Å². The largest absolute Gasteiger partial charge is 0.325 e. The number of rotatable bonds is 5. The normalized spacial score (nSPS) is 12.5. The summed E-state index contributed by atoms with van der Waals surface area (Å²) in [5.74, 6) is 0.706. The van der Waals surface area contributed by atoms with Gasteiger partial charge in [-0.15, -0.1) is 0 Å². The lowest BCUT2D eigenvalue weighted by Gasteiger charge is -2.35. The average Bonchev–Trinajstić information content (AvgIpc) is 2.06. The lowest BCUT2D eigenvalue weighted by molar-refractivity contribution is 0.237. The van der Waals surface area contributed by atoms with E-state index in [9.17, 15) is 0 Å². The Labute approximate surface area is 72.8 Å². The molecular formula is C10H25N. The molecule has 0 radical (unpaired) electrons. The second kappa shape index (κ2) is 4.76. The van der Waals surface area contributed by atoms with Crippen LogP contribution in [0.2, 0.25) is 0 Å². The quantitative estimate of drug-likeness (QED) is 0.655. The van der Waals surface area contributed by atoms with Gasteiger partial charge in [-0.2, -0.15) is 0 Å². The molecule has 11 heavy (non-hydrogen) atoms. The highest BCUT2D eigenvalue weighted by molar-refractivity contribution is 4.87. The molecule has 1 heteroatoms. The molecule has 0 aliphatic rings. The fourth-order valence-corrected chi connectivity index (χ4v) is 1.93. The minimum Gasteiger partial charge on any atom is -0.325 e. The maximum atomic E-state index is 6.26. The minimum atomic E-state index is 0. The van der Waals surface area contributed by atoms with Gasteiger partial charge in [0.25, 0.3) is 0 Å². The molecule has 2 N–H and O–H groups in total. The molecule has 70 valence electrons. The lowest BCUT2D eigenvalue weighted by Crippen LogP contribution is -2.45. The average molecular weight is 159 g/mol. The van der Waals surface area contributed by atoms with E-state index < -0.39 is 0 Å². The molecule has 0 aromatic carbocycles. The molecule has 0 fully saturated rings. The van der Waals surface area contributed by atoms with Crippen LogP contribution in [0.25, 0.3) is 0 Å². The molecular weight excluding hydrogens is 134 g/mol. The van der Waals surface area contributed by atoms with E-state index in [1.807, 2.05) is 0 Å². The van der Waals surface area contributed by atoms with Gasteiger partial charge in [0, 0.05) is 6.97 Å². The first-order valence-electron chi connectivity index (χ1n) is 4.93. The molecule has 0 aromatic heterocycles. The standard InChI is InChI=1S/C10H23N.H2/c1-5-9(6-2)10(11,7-3)8-4;/h9H,5-8,11H2,1-4H3;1H. The van der Waals surface area contributed by atoms with Gasteiger partial charge in [0.15, 0.2) is 0 Å². The molecule has 0 aliphatic heterocycles. The summed E-state index contributed by atoms with van der Waals surface area (Å²) in [4.78, 5) is 0. The van der Waals surface area contributed by atoms with E-state index in [1.54, 1.807) is 0 Å². The van der Waals surface area contributed by atoms with Crippen LogP contribution in [0.1, 0.15) is 54.8 Å². The molecule has 0 saturated carbocycles. The first kappa shape index (κ1) is 11.0. The predicted molar refractivity (Wildman–Crippen MR) is 53.7 cm³/mol.